The Morgan fingerprint density at radius 1 is 0.967 bits per heavy atom. The van der Waals surface area contributed by atoms with E-state index >= 15 is 0 Å². The van der Waals surface area contributed by atoms with Crippen LogP contribution in [0, 0.1) is 0 Å². The number of carbonyl (C=O) groups excluding carboxylic acids is 1. The van der Waals surface area contributed by atoms with Crippen LogP contribution in [-0.4, -0.2) is 29.6 Å². The van der Waals surface area contributed by atoms with Crippen LogP contribution in [0.15, 0.2) is 84.6 Å². The Bertz CT molecular complexity index is 1060. The van der Waals surface area contributed by atoms with Gasteiger partial charge < -0.3 is 14.7 Å². The molecule has 4 nitrogen and oxygen atoms in total. The van der Waals surface area contributed by atoms with E-state index in [0.717, 1.165) is 16.7 Å². The fourth-order valence-electron chi connectivity index (χ4n) is 3.84. The van der Waals surface area contributed by atoms with Crippen molar-refractivity contribution in [2.24, 2.45) is 0 Å². The van der Waals surface area contributed by atoms with Crippen LogP contribution < -0.4 is 4.74 Å². The van der Waals surface area contributed by atoms with E-state index in [2.05, 4.69) is 0 Å². The van der Waals surface area contributed by atoms with Gasteiger partial charge in [-0.2, -0.15) is 0 Å². The number of amides is 1. The molecule has 1 atom stereocenters. The second-order valence-electron chi connectivity index (χ2n) is 7.18. The number of aliphatic hydroxyl groups is 1. The molecule has 0 saturated carbocycles. The number of halogens is 1. The van der Waals surface area contributed by atoms with Crippen molar-refractivity contribution in [1.82, 2.24) is 4.90 Å². The molecule has 30 heavy (non-hydrogen) atoms. The van der Waals surface area contributed by atoms with Crippen molar-refractivity contribution in [2.75, 3.05) is 13.7 Å². The summed E-state index contributed by atoms with van der Waals surface area (Å²) >= 11 is 6.08. The molecule has 5 heteroatoms. The number of benzene rings is 3. The topological polar surface area (TPSA) is 49.8 Å². The molecular weight excluding hydrogens is 398 g/mol. The van der Waals surface area contributed by atoms with E-state index in [9.17, 15) is 9.90 Å². The zero-order chi connectivity index (χ0) is 21.1. The highest BCUT2D eigenvalue weighted by molar-refractivity contribution is 6.30. The second kappa shape index (κ2) is 8.64. The predicted molar refractivity (Wildman–Crippen MR) is 119 cm³/mol. The van der Waals surface area contributed by atoms with E-state index in [0.29, 0.717) is 29.3 Å². The van der Waals surface area contributed by atoms with Gasteiger partial charge in [0, 0.05) is 17.1 Å². The lowest BCUT2D eigenvalue weighted by Gasteiger charge is -2.27. The van der Waals surface area contributed by atoms with E-state index < -0.39 is 6.04 Å². The molecule has 1 N–H and O–H groups in total. The van der Waals surface area contributed by atoms with Crippen LogP contribution in [0.5, 0.6) is 5.75 Å². The normalized spacial score (nSPS) is 16.3. The third-order valence-electron chi connectivity index (χ3n) is 5.37. The highest BCUT2D eigenvalue weighted by atomic mass is 35.5. The number of rotatable bonds is 6. The van der Waals surface area contributed by atoms with Gasteiger partial charge >= 0.3 is 0 Å². The number of hydrogen-bond donors (Lipinski definition) is 1. The highest BCUT2D eigenvalue weighted by Crippen LogP contribution is 2.43. The molecule has 0 bridgehead atoms. The van der Waals surface area contributed by atoms with Crippen LogP contribution in [0.2, 0.25) is 5.02 Å². The van der Waals surface area contributed by atoms with E-state index in [1.54, 1.807) is 24.1 Å². The summed E-state index contributed by atoms with van der Waals surface area (Å²) in [5.41, 5.74) is 3.41. The van der Waals surface area contributed by atoms with Gasteiger partial charge in [0.15, 0.2) is 5.76 Å². The molecule has 4 rings (SSSR count). The maximum Gasteiger partial charge on any atom is 0.289 e. The first kappa shape index (κ1) is 20.0. The molecule has 1 heterocycles. The molecule has 0 unspecified atom stereocenters. The summed E-state index contributed by atoms with van der Waals surface area (Å²) in [6, 6.07) is 24.4. The molecule has 0 aromatic heterocycles. The smallest absolute Gasteiger partial charge is 0.289 e. The Labute approximate surface area is 181 Å². The van der Waals surface area contributed by atoms with Crippen molar-refractivity contribution in [1.29, 1.82) is 0 Å². The van der Waals surface area contributed by atoms with E-state index in [1.807, 2.05) is 66.7 Å². The lowest BCUT2D eigenvalue weighted by Crippen LogP contribution is -2.32. The molecule has 0 aliphatic carbocycles. The van der Waals surface area contributed by atoms with Crippen LogP contribution in [0.4, 0.5) is 0 Å². The number of nitrogens with zero attached hydrogens (tertiary/aromatic N) is 1. The largest absolute Gasteiger partial charge is 0.503 e. The minimum atomic E-state index is -0.396. The first-order chi connectivity index (χ1) is 14.6. The Balaban J connectivity index is 1.72. The summed E-state index contributed by atoms with van der Waals surface area (Å²) in [5.74, 6) is 0.136. The van der Waals surface area contributed by atoms with E-state index in [4.69, 9.17) is 16.3 Å². The highest BCUT2D eigenvalue weighted by Gasteiger charge is 2.40. The van der Waals surface area contributed by atoms with E-state index in [-0.39, 0.29) is 11.7 Å². The Morgan fingerprint density at radius 2 is 1.63 bits per heavy atom. The first-order valence-electron chi connectivity index (χ1n) is 9.76. The molecule has 152 valence electrons. The van der Waals surface area contributed by atoms with Gasteiger partial charge in [-0.15, -0.1) is 0 Å². The number of ether oxygens (including phenoxy) is 1. The molecule has 1 aliphatic rings. The van der Waals surface area contributed by atoms with Crippen molar-refractivity contribution in [2.45, 2.75) is 12.5 Å². The molecule has 3 aromatic carbocycles. The average molecular weight is 420 g/mol. The van der Waals surface area contributed by atoms with Gasteiger partial charge in [0.2, 0.25) is 0 Å². The lowest BCUT2D eigenvalue weighted by molar-refractivity contribution is -0.129. The Hall–Kier alpha value is -3.24. The minimum Gasteiger partial charge on any atom is -0.503 e. The maximum absolute atomic E-state index is 13.1. The van der Waals surface area contributed by atoms with Gasteiger partial charge in [-0.05, 0) is 47.4 Å². The van der Waals surface area contributed by atoms with Gasteiger partial charge in [0.1, 0.15) is 5.75 Å². The van der Waals surface area contributed by atoms with Crippen molar-refractivity contribution >= 4 is 23.1 Å². The molecule has 1 amide bonds. The SMILES string of the molecule is COc1ccc(C2=C(O)C(=O)N(CCc3ccccc3)[C@H]2c2ccc(Cl)cc2)cc1. The first-order valence-corrected chi connectivity index (χ1v) is 10.1. The van der Waals surface area contributed by atoms with Crippen LogP contribution in [0.3, 0.4) is 0 Å². The monoisotopic (exact) mass is 419 g/mol. The summed E-state index contributed by atoms with van der Waals surface area (Å²) in [6.45, 7) is 0.486. The van der Waals surface area contributed by atoms with Crippen molar-refractivity contribution in [3.05, 3.63) is 106 Å². The summed E-state index contributed by atoms with van der Waals surface area (Å²) in [6.07, 6.45) is 0.694. The zero-order valence-corrected chi connectivity index (χ0v) is 17.3. The molecule has 3 aromatic rings. The van der Waals surface area contributed by atoms with Crippen LogP contribution in [-0.2, 0) is 11.2 Å². The summed E-state index contributed by atoms with van der Waals surface area (Å²) in [4.78, 5) is 14.8. The van der Waals surface area contributed by atoms with Crippen molar-refractivity contribution in [3.63, 3.8) is 0 Å². The van der Waals surface area contributed by atoms with Crippen LogP contribution >= 0.6 is 11.6 Å². The standard InChI is InChI=1S/C25H22ClNO3/c1-30-21-13-9-18(10-14-21)22-23(19-7-11-20(26)12-8-19)27(25(29)24(22)28)16-15-17-5-3-2-4-6-17/h2-14,23,28H,15-16H2,1H3/t23-/m0/s1. The van der Waals surface area contributed by atoms with Gasteiger partial charge in [0.05, 0.1) is 13.2 Å². The fourth-order valence-corrected chi connectivity index (χ4v) is 3.96. The Kier molecular flexibility index (Phi) is 5.77. The molecule has 1 aliphatic heterocycles. The fraction of sp³-hybridized carbons (Fsp3) is 0.160. The van der Waals surface area contributed by atoms with Gasteiger partial charge in [-0.3, -0.25) is 4.79 Å². The summed E-state index contributed by atoms with van der Waals surface area (Å²) in [5, 5.41) is 11.4. The summed E-state index contributed by atoms with van der Waals surface area (Å²) in [7, 11) is 1.60. The average Bonchev–Trinajstić information content (AvgIpc) is 3.04. The van der Waals surface area contributed by atoms with Crippen molar-refractivity contribution < 1.29 is 14.6 Å². The van der Waals surface area contributed by atoms with E-state index in [1.165, 1.54) is 0 Å². The summed E-state index contributed by atoms with van der Waals surface area (Å²) < 4.78 is 5.24. The number of aliphatic hydroxyl groups excluding tert-OH is 1. The molecule has 0 saturated heterocycles. The number of hydrogen-bond acceptors (Lipinski definition) is 3. The molecular formula is C25H22ClNO3. The molecule has 0 radical (unpaired) electrons. The zero-order valence-electron chi connectivity index (χ0n) is 16.6. The van der Waals surface area contributed by atoms with Gasteiger partial charge in [-0.1, -0.05) is 66.2 Å². The predicted octanol–water partition coefficient (Wildman–Crippen LogP) is 5.44. The number of carbonyl (C=O) groups is 1. The quantitative estimate of drug-likeness (QED) is 0.578. The van der Waals surface area contributed by atoms with Crippen molar-refractivity contribution in [3.8, 4) is 5.75 Å². The third kappa shape index (κ3) is 3.91. The van der Waals surface area contributed by atoms with Crippen LogP contribution in [0.25, 0.3) is 5.57 Å². The van der Waals surface area contributed by atoms with Crippen LogP contribution in [0.1, 0.15) is 22.7 Å². The molecule has 0 spiro atoms. The Morgan fingerprint density at radius 3 is 2.27 bits per heavy atom. The second-order valence-corrected chi connectivity index (χ2v) is 7.62. The molecule has 0 fully saturated rings. The van der Waals surface area contributed by atoms with Gasteiger partial charge in [-0.25, -0.2) is 0 Å². The lowest BCUT2D eigenvalue weighted by atomic mass is 9.93. The van der Waals surface area contributed by atoms with Gasteiger partial charge in [0.25, 0.3) is 5.91 Å². The minimum absolute atomic E-state index is 0.215. The number of methoxy groups -OCH3 is 1. The third-order valence-corrected chi connectivity index (χ3v) is 5.63. The maximum atomic E-state index is 13.1.